The van der Waals surface area contributed by atoms with E-state index in [1.807, 2.05) is 54.6 Å². The maximum absolute atomic E-state index is 11.5. The molecule has 0 saturated heterocycles. The van der Waals surface area contributed by atoms with Crippen molar-refractivity contribution >= 4 is 17.3 Å². The first-order chi connectivity index (χ1) is 12.7. The average Bonchev–Trinajstić information content (AvgIpc) is 3.06. The summed E-state index contributed by atoms with van der Waals surface area (Å²) < 4.78 is 0. The molecule has 26 heavy (non-hydrogen) atoms. The SMILES string of the molecule is O=C1Cc2cc(-c3cncc(N[C@@H](CO)c4ccccc4)c3)ccc2N1. The van der Waals surface area contributed by atoms with Crippen LogP contribution in [0.15, 0.2) is 67.0 Å². The Morgan fingerprint density at radius 3 is 2.73 bits per heavy atom. The summed E-state index contributed by atoms with van der Waals surface area (Å²) in [5.74, 6) is 0.0272. The van der Waals surface area contributed by atoms with Crippen LogP contribution in [0.25, 0.3) is 11.1 Å². The molecule has 5 heteroatoms. The highest BCUT2D eigenvalue weighted by Crippen LogP contribution is 2.30. The maximum Gasteiger partial charge on any atom is 0.228 e. The van der Waals surface area contributed by atoms with Crippen molar-refractivity contribution in [2.75, 3.05) is 17.2 Å². The Morgan fingerprint density at radius 1 is 1.08 bits per heavy atom. The molecular formula is C21H19N3O2. The van der Waals surface area contributed by atoms with E-state index in [-0.39, 0.29) is 18.6 Å². The summed E-state index contributed by atoms with van der Waals surface area (Å²) in [6, 6.07) is 17.6. The largest absolute Gasteiger partial charge is 0.394 e. The molecule has 0 radical (unpaired) electrons. The lowest BCUT2D eigenvalue weighted by molar-refractivity contribution is -0.115. The van der Waals surface area contributed by atoms with E-state index < -0.39 is 0 Å². The van der Waals surface area contributed by atoms with Gasteiger partial charge in [-0.3, -0.25) is 9.78 Å². The molecule has 2 heterocycles. The summed E-state index contributed by atoms with van der Waals surface area (Å²) in [5, 5.41) is 15.9. The van der Waals surface area contributed by atoms with Crippen LogP contribution >= 0.6 is 0 Å². The zero-order chi connectivity index (χ0) is 17.9. The van der Waals surface area contributed by atoms with Gasteiger partial charge in [0.25, 0.3) is 0 Å². The van der Waals surface area contributed by atoms with Gasteiger partial charge in [0.15, 0.2) is 0 Å². The van der Waals surface area contributed by atoms with E-state index in [0.717, 1.165) is 33.6 Å². The molecule has 1 aliphatic rings. The summed E-state index contributed by atoms with van der Waals surface area (Å²) in [6.45, 7) is -0.0130. The number of aliphatic hydroxyl groups is 1. The predicted octanol–water partition coefficient (Wildman–Crippen LogP) is 3.39. The molecule has 0 unspecified atom stereocenters. The summed E-state index contributed by atoms with van der Waals surface area (Å²) in [6.07, 6.45) is 3.95. The minimum Gasteiger partial charge on any atom is -0.394 e. The topological polar surface area (TPSA) is 74.2 Å². The van der Waals surface area contributed by atoms with Crippen LogP contribution in [-0.2, 0) is 11.2 Å². The van der Waals surface area contributed by atoms with Crippen molar-refractivity contribution in [1.82, 2.24) is 4.98 Å². The number of aliphatic hydroxyl groups excluding tert-OH is 1. The van der Waals surface area contributed by atoms with Crippen molar-refractivity contribution in [1.29, 1.82) is 0 Å². The molecule has 3 N–H and O–H groups in total. The fourth-order valence-corrected chi connectivity index (χ4v) is 3.21. The highest BCUT2D eigenvalue weighted by molar-refractivity contribution is 5.99. The van der Waals surface area contributed by atoms with Crippen molar-refractivity contribution in [2.45, 2.75) is 12.5 Å². The van der Waals surface area contributed by atoms with Gasteiger partial charge in [-0.2, -0.15) is 0 Å². The number of anilines is 2. The van der Waals surface area contributed by atoms with E-state index in [1.54, 1.807) is 12.4 Å². The van der Waals surface area contributed by atoms with Gasteiger partial charge in [-0.05, 0) is 34.9 Å². The second-order valence-electron chi connectivity index (χ2n) is 6.35. The number of carbonyl (C=O) groups excluding carboxylic acids is 1. The number of rotatable bonds is 5. The average molecular weight is 345 g/mol. The lowest BCUT2D eigenvalue weighted by Crippen LogP contribution is -2.14. The van der Waals surface area contributed by atoms with E-state index in [9.17, 15) is 9.90 Å². The number of hydrogen-bond donors (Lipinski definition) is 3. The van der Waals surface area contributed by atoms with E-state index in [1.165, 1.54) is 0 Å². The maximum atomic E-state index is 11.5. The molecule has 1 atom stereocenters. The Labute approximate surface area is 151 Å². The third kappa shape index (κ3) is 3.30. The van der Waals surface area contributed by atoms with Crippen LogP contribution in [0.1, 0.15) is 17.2 Å². The van der Waals surface area contributed by atoms with E-state index in [2.05, 4.69) is 15.6 Å². The highest BCUT2D eigenvalue weighted by Gasteiger charge is 2.18. The quantitative estimate of drug-likeness (QED) is 0.663. The van der Waals surface area contributed by atoms with Gasteiger partial charge in [0.1, 0.15) is 0 Å². The van der Waals surface area contributed by atoms with Crippen molar-refractivity contribution in [3.05, 3.63) is 78.1 Å². The zero-order valence-electron chi connectivity index (χ0n) is 14.1. The molecule has 2 aromatic carbocycles. The second kappa shape index (κ2) is 6.98. The molecule has 1 aromatic heterocycles. The second-order valence-corrected chi connectivity index (χ2v) is 6.35. The molecule has 1 aliphatic heterocycles. The van der Waals surface area contributed by atoms with Gasteiger partial charge in [0.05, 0.1) is 24.8 Å². The van der Waals surface area contributed by atoms with Crippen LogP contribution in [0.3, 0.4) is 0 Å². The lowest BCUT2D eigenvalue weighted by Gasteiger charge is -2.18. The number of benzene rings is 2. The molecule has 4 rings (SSSR count). The first-order valence-electron chi connectivity index (χ1n) is 8.53. The van der Waals surface area contributed by atoms with Crippen LogP contribution in [0, 0.1) is 0 Å². The van der Waals surface area contributed by atoms with Gasteiger partial charge in [-0.25, -0.2) is 0 Å². The molecule has 0 fully saturated rings. The standard InChI is InChI=1S/C21H19N3O2/c25-13-20(14-4-2-1-3-5-14)23-18-9-17(11-22-12-18)15-6-7-19-16(8-15)10-21(26)24-19/h1-9,11-12,20,23,25H,10,13H2,(H,24,26)/t20-/m0/s1. The van der Waals surface area contributed by atoms with Crippen molar-refractivity contribution in [2.24, 2.45) is 0 Å². The van der Waals surface area contributed by atoms with E-state index in [0.29, 0.717) is 6.42 Å². The van der Waals surface area contributed by atoms with Crippen LogP contribution in [-0.4, -0.2) is 22.6 Å². The number of nitrogens with zero attached hydrogens (tertiary/aromatic N) is 1. The van der Waals surface area contributed by atoms with Crippen molar-refractivity contribution in [3.63, 3.8) is 0 Å². The molecule has 0 bridgehead atoms. The Hall–Kier alpha value is -3.18. The number of carbonyl (C=O) groups is 1. The highest BCUT2D eigenvalue weighted by atomic mass is 16.3. The third-order valence-electron chi connectivity index (χ3n) is 4.53. The van der Waals surface area contributed by atoms with E-state index in [4.69, 9.17) is 0 Å². The zero-order valence-corrected chi connectivity index (χ0v) is 14.1. The minimum atomic E-state index is -0.199. The minimum absolute atomic E-state index is 0.0130. The number of hydrogen-bond acceptors (Lipinski definition) is 4. The predicted molar refractivity (Wildman–Crippen MR) is 102 cm³/mol. The Balaban J connectivity index is 1.59. The van der Waals surface area contributed by atoms with Crippen LogP contribution in [0.4, 0.5) is 11.4 Å². The lowest BCUT2D eigenvalue weighted by atomic mass is 10.0. The van der Waals surface area contributed by atoms with Gasteiger partial charge < -0.3 is 15.7 Å². The van der Waals surface area contributed by atoms with Gasteiger partial charge in [-0.15, -0.1) is 0 Å². The summed E-state index contributed by atoms with van der Waals surface area (Å²) >= 11 is 0. The Morgan fingerprint density at radius 2 is 1.92 bits per heavy atom. The number of nitrogens with one attached hydrogen (secondary N) is 2. The molecule has 0 spiro atoms. The van der Waals surface area contributed by atoms with Gasteiger partial charge in [0.2, 0.25) is 5.91 Å². The van der Waals surface area contributed by atoms with Crippen molar-refractivity contribution < 1.29 is 9.90 Å². The fourth-order valence-electron chi connectivity index (χ4n) is 3.21. The molecule has 1 amide bonds. The summed E-state index contributed by atoms with van der Waals surface area (Å²) in [4.78, 5) is 15.9. The van der Waals surface area contributed by atoms with Gasteiger partial charge >= 0.3 is 0 Å². The molecule has 5 nitrogen and oxygen atoms in total. The molecule has 3 aromatic rings. The van der Waals surface area contributed by atoms with E-state index >= 15 is 0 Å². The van der Waals surface area contributed by atoms with Gasteiger partial charge in [-0.1, -0.05) is 36.4 Å². The monoisotopic (exact) mass is 345 g/mol. The van der Waals surface area contributed by atoms with Crippen molar-refractivity contribution in [3.8, 4) is 11.1 Å². The Bertz CT molecular complexity index is 941. The number of amides is 1. The fraction of sp³-hybridized carbons (Fsp3) is 0.143. The number of pyridine rings is 1. The molecule has 0 saturated carbocycles. The number of aromatic nitrogens is 1. The summed E-state index contributed by atoms with van der Waals surface area (Å²) in [7, 11) is 0. The van der Waals surface area contributed by atoms with Crippen LogP contribution in [0.2, 0.25) is 0 Å². The number of fused-ring (bicyclic) bond motifs is 1. The van der Waals surface area contributed by atoms with Crippen LogP contribution < -0.4 is 10.6 Å². The first-order valence-corrected chi connectivity index (χ1v) is 8.53. The normalized spacial score (nSPS) is 13.8. The first kappa shape index (κ1) is 16.3. The summed E-state index contributed by atoms with van der Waals surface area (Å²) in [5.41, 5.74) is 5.70. The van der Waals surface area contributed by atoms with Crippen LogP contribution in [0.5, 0.6) is 0 Å². The van der Waals surface area contributed by atoms with Gasteiger partial charge in [0, 0.05) is 23.6 Å². The molecule has 0 aliphatic carbocycles. The molecule has 130 valence electrons. The smallest absolute Gasteiger partial charge is 0.228 e. The Kier molecular flexibility index (Phi) is 4.37. The third-order valence-corrected chi connectivity index (χ3v) is 4.53. The molecular weight excluding hydrogens is 326 g/mol.